The summed E-state index contributed by atoms with van der Waals surface area (Å²) in [7, 11) is -2.91. The molecule has 0 unspecified atom stereocenters. The van der Waals surface area contributed by atoms with Gasteiger partial charge < -0.3 is 0 Å². The van der Waals surface area contributed by atoms with Gasteiger partial charge >= 0.3 is 0 Å². The number of hydrogen-bond donors (Lipinski definition) is 0. The van der Waals surface area contributed by atoms with Gasteiger partial charge in [-0.3, -0.25) is 0 Å². The molecule has 0 aromatic heterocycles. The van der Waals surface area contributed by atoms with Crippen LogP contribution in [-0.4, -0.2) is 20.4 Å². The van der Waals surface area contributed by atoms with Crippen molar-refractivity contribution in [2.75, 3.05) is 12.0 Å². The average Bonchev–Trinajstić information content (AvgIpc) is 2.25. The minimum atomic E-state index is -2.91. The Hall–Kier alpha value is -1.09. The summed E-state index contributed by atoms with van der Waals surface area (Å²) in [5, 5.41) is 0. The van der Waals surface area contributed by atoms with Crippen molar-refractivity contribution in [2.45, 2.75) is 40.5 Å². The lowest BCUT2D eigenvalue weighted by atomic mass is 10.1. The quantitative estimate of drug-likeness (QED) is 0.517. The third kappa shape index (κ3) is 13.1. The molecular formula is C16H26O2S. The molecule has 0 aromatic rings. The zero-order valence-corrected chi connectivity index (χ0v) is 13.5. The highest BCUT2D eigenvalue weighted by molar-refractivity contribution is 7.90. The lowest BCUT2D eigenvalue weighted by Gasteiger charge is -1.97. The van der Waals surface area contributed by atoms with Crippen LogP contribution in [0.4, 0.5) is 0 Å². The summed E-state index contributed by atoms with van der Waals surface area (Å²) in [4.78, 5) is 0. The van der Waals surface area contributed by atoms with Gasteiger partial charge in [0.2, 0.25) is 0 Å². The van der Waals surface area contributed by atoms with Gasteiger partial charge in [0.15, 0.2) is 9.84 Å². The molecule has 0 bridgehead atoms. The van der Waals surface area contributed by atoms with E-state index in [1.54, 1.807) is 6.08 Å². The molecule has 3 heteroatoms. The summed E-state index contributed by atoms with van der Waals surface area (Å²) in [6, 6.07) is 0. The van der Waals surface area contributed by atoms with E-state index in [2.05, 4.69) is 32.9 Å². The van der Waals surface area contributed by atoms with Crippen LogP contribution >= 0.6 is 0 Å². The van der Waals surface area contributed by atoms with Gasteiger partial charge in [-0.05, 0) is 40.5 Å². The standard InChI is InChI=1S/C16H26O2S/c1-14(2)8-6-9-15(3)10-7-11-16(4)12-13-19(5,17)18/h7-8,10-12H,6,9,13H2,1-5H3/b11-7+,15-10+,16-12?. The third-order valence-corrected chi connectivity index (χ3v) is 3.31. The van der Waals surface area contributed by atoms with E-state index in [9.17, 15) is 8.42 Å². The van der Waals surface area contributed by atoms with E-state index in [1.807, 2.05) is 19.1 Å². The molecule has 0 amide bonds. The van der Waals surface area contributed by atoms with Crippen molar-refractivity contribution in [3.05, 3.63) is 47.1 Å². The van der Waals surface area contributed by atoms with E-state index in [-0.39, 0.29) is 5.75 Å². The summed E-state index contributed by atoms with van der Waals surface area (Å²) < 4.78 is 22.0. The molecule has 108 valence electrons. The first-order valence-electron chi connectivity index (χ1n) is 6.52. The van der Waals surface area contributed by atoms with Crippen molar-refractivity contribution in [1.82, 2.24) is 0 Å². The fourth-order valence-electron chi connectivity index (χ4n) is 1.39. The fourth-order valence-corrected chi connectivity index (χ4v) is 1.95. The van der Waals surface area contributed by atoms with Crippen molar-refractivity contribution < 1.29 is 8.42 Å². The molecule has 0 fully saturated rings. The monoisotopic (exact) mass is 282 g/mol. The molecule has 0 heterocycles. The maximum Gasteiger partial charge on any atom is 0.151 e. The molecule has 19 heavy (non-hydrogen) atoms. The largest absolute Gasteiger partial charge is 0.229 e. The predicted octanol–water partition coefficient (Wildman–Crippen LogP) is 4.23. The first-order chi connectivity index (χ1) is 8.70. The molecule has 0 aromatic carbocycles. The van der Waals surface area contributed by atoms with Crippen molar-refractivity contribution in [3.63, 3.8) is 0 Å². The van der Waals surface area contributed by atoms with Crippen LogP contribution in [-0.2, 0) is 9.84 Å². The molecule has 0 saturated heterocycles. The second kappa shape index (κ2) is 8.92. The van der Waals surface area contributed by atoms with E-state index >= 15 is 0 Å². The molecule has 2 nitrogen and oxygen atoms in total. The maximum absolute atomic E-state index is 11.0. The number of hydrogen-bond acceptors (Lipinski definition) is 2. The van der Waals surface area contributed by atoms with Crippen LogP contribution in [0.5, 0.6) is 0 Å². The van der Waals surface area contributed by atoms with Gasteiger partial charge in [-0.15, -0.1) is 0 Å². The highest BCUT2D eigenvalue weighted by Gasteiger charge is 1.96. The first-order valence-corrected chi connectivity index (χ1v) is 8.58. The molecular weight excluding hydrogens is 256 g/mol. The maximum atomic E-state index is 11.0. The van der Waals surface area contributed by atoms with Crippen molar-refractivity contribution in [1.29, 1.82) is 0 Å². The van der Waals surface area contributed by atoms with Gasteiger partial charge in [0, 0.05) is 6.26 Å². The van der Waals surface area contributed by atoms with Crippen molar-refractivity contribution >= 4 is 9.84 Å². The van der Waals surface area contributed by atoms with Crippen LogP contribution in [0.25, 0.3) is 0 Å². The molecule has 0 N–H and O–H groups in total. The van der Waals surface area contributed by atoms with Crippen LogP contribution in [0.2, 0.25) is 0 Å². The van der Waals surface area contributed by atoms with Gasteiger partial charge in [0.1, 0.15) is 0 Å². The Morgan fingerprint density at radius 3 is 2.21 bits per heavy atom. The summed E-state index contributed by atoms with van der Waals surface area (Å²) in [5.74, 6) is 0.104. The summed E-state index contributed by atoms with van der Waals surface area (Å²) in [6.07, 6.45) is 13.3. The smallest absolute Gasteiger partial charge is 0.151 e. The Balaban J connectivity index is 4.29. The van der Waals surface area contributed by atoms with Gasteiger partial charge in [-0.1, -0.05) is 47.1 Å². The van der Waals surface area contributed by atoms with E-state index in [4.69, 9.17) is 0 Å². The summed E-state index contributed by atoms with van der Waals surface area (Å²) >= 11 is 0. The Labute approximate surface area is 118 Å². The highest BCUT2D eigenvalue weighted by atomic mass is 32.2. The molecule has 0 radical (unpaired) electrons. The molecule has 0 aliphatic heterocycles. The number of rotatable bonds is 7. The van der Waals surface area contributed by atoms with Crippen LogP contribution in [0.3, 0.4) is 0 Å². The van der Waals surface area contributed by atoms with Gasteiger partial charge in [0.25, 0.3) is 0 Å². The van der Waals surface area contributed by atoms with E-state index in [0.717, 1.165) is 18.4 Å². The van der Waals surface area contributed by atoms with Crippen molar-refractivity contribution in [3.8, 4) is 0 Å². The van der Waals surface area contributed by atoms with E-state index in [0.29, 0.717) is 0 Å². The lowest BCUT2D eigenvalue weighted by molar-refractivity contribution is 0.604. The SMILES string of the molecule is CC(C)=CCC/C(C)=C/C=C/C(C)=CCS(C)(=O)=O. The average molecular weight is 282 g/mol. The van der Waals surface area contributed by atoms with Crippen molar-refractivity contribution in [2.24, 2.45) is 0 Å². The molecule has 0 aliphatic carbocycles. The zero-order valence-electron chi connectivity index (χ0n) is 12.7. The predicted molar refractivity (Wildman–Crippen MR) is 85.0 cm³/mol. The minimum Gasteiger partial charge on any atom is -0.229 e. The number of sulfone groups is 1. The van der Waals surface area contributed by atoms with E-state index in [1.165, 1.54) is 17.4 Å². The lowest BCUT2D eigenvalue weighted by Crippen LogP contribution is -1.99. The van der Waals surface area contributed by atoms with Crippen LogP contribution in [0, 0.1) is 0 Å². The number of allylic oxidation sites excluding steroid dienone is 7. The van der Waals surface area contributed by atoms with Crippen LogP contribution < -0.4 is 0 Å². The molecule has 0 aliphatic rings. The topological polar surface area (TPSA) is 34.1 Å². The molecule has 0 rings (SSSR count). The second-order valence-electron chi connectivity index (χ2n) is 5.23. The minimum absolute atomic E-state index is 0.104. The Morgan fingerprint density at radius 1 is 1.05 bits per heavy atom. The zero-order chi connectivity index (χ0) is 14.9. The molecule has 0 atom stereocenters. The fraction of sp³-hybridized carbons (Fsp3) is 0.500. The third-order valence-electron chi connectivity index (χ3n) is 2.54. The summed E-state index contributed by atoms with van der Waals surface area (Å²) in [5.41, 5.74) is 3.64. The first kappa shape index (κ1) is 17.9. The Kier molecular flexibility index (Phi) is 8.41. The van der Waals surface area contributed by atoms with Crippen LogP contribution in [0.1, 0.15) is 40.5 Å². The van der Waals surface area contributed by atoms with Gasteiger partial charge in [-0.2, -0.15) is 0 Å². The molecule has 0 spiro atoms. The second-order valence-corrected chi connectivity index (χ2v) is 7.42. The normalized spacial score (nSPS) is 13.9. The highest BCUT2D eigenvalue weighted by Crippen LogP contribution is 2.07. The Morgan fingerprint density at radius 2 is 1.68 bits per heavy atom. The Bertz CT molecular complexity index is 485. The molecule has 0 saturated carbocycles. The van der Waals surface area contributed by atoms with Crippen LogP contribution in [0.15, 0.2) is 47.1 Å². The van der Waals surface area contributed by atoms with Gasteiger partial charge in [-0.25, -0.2) is 8.42 Å². The van der Waals surface area contributed by atoms with E-state index < -0.39 is 9.84 Å². The summed E-state index contributed by atoms with van der Waals surface area (Å²) in [6.45, 7) is 8.23. The van der Waals surface area contributed by atoms with Gasteiger partial charge in [0.05, 0.1) is 5.75 Å².